The Morgan fingerprint density at radius 2 is 1.16 bits per heavy atom. The second-order valence-electron chi connectivity index (χ2n) is 11.7. The van der Waals surface area contributed by atoms with E-state index in [9.17, 15) is 0 Å². The molecule has 8 aromatic rings. The van der Waals surface area contributed by atoms with Crippen molar-refractivity contribution in [1.82, 2.24) is 14.1 Å². The first-order chi connectivity index (χ1) is 24.2. The fourth-order valence-corrected chi connectivity index (χ4v) is 7.23. The van der Waals surface area contributed by atoms with Gasteiger partial charge in [0.2, 0.25) is 0 Å². The first-order valence-electron chi connectivity index (χ1n) is 16.1. The molecule has 0 N–H and O–H groups in total. The van der Waals surface area contributed by atoms with Crippen molar-refractivity contribution >= 4 is 28.1 Å². The van der Waals surface area contributed by atoms with E-state index in [4.69, 9.17) is 4.74 Å². The molecule has 0 unspecified atom stereocenters. The Bertz CT molecular complexity index is 2400. The van der Waals surface area contributed by atoms with Crippen LogP contribution in [-0.2, 0) is 26.4 Å². The molecule has 2 aromatic heterocycles. The molecule has 0 radical (unpaired) electrons. The van der Waals surface area contributed by atoms with Gasteiger partial charge in [-0.25, -0.2) is 0 Å². The summed E-state index contributed by atoms with van der Waals surface area (Å²) in [4.78, 5) is 6.77. The Balaban J connectivity index is 1.40. The van der Waals surface area contributed by atoms with Crippen LogP contribution in [0.25, 0.3) is 39.0 Å². The second-order valence-corrected chi connectivity index (χ2v) is 12.7. The van der Waals surface area contributed by atoms with Gasteiger partial charge in [0.1, 0.15) is 0 Å². The molecule has 5 nitrogen and oxygen atoms in total. The Kier molecular flexibility index (Phi) is 8.35. The minimum atomic E-state index is 0.546. The number of fused-ring (bicyclic) bond motifs is 1. The topological polar surface area (TPSA) is 35.2 Å². The molecular formula is C43H32N4OPt. The average molecular weight is 816 g/mol. The van der Waals surface area contributed by atoms with E-state index in [1.165, 1.54) is 5.52 Å². The zero-order valence-corrected chi connectivity index (χ0v) is 29.0. The Morgan fingerprint density at radius 3 is 1.84 bits per heavy atom. The summed E-state index contributed by atoms with van der Waals surface area (Å²) in [5.74, 6) is 1.25. The summed E-state index contributed by atoms with van der Waals surface area (Å²) < 4.78 is 12.0. The summed E-state index contributed by atoms with van der Waals surface area (Å²) in [5.41, 5.74) is 11.0. The van der Waals surface area contributed by atoms with E-state index in [1.807, 2.05) is 30.3 Å². The molecule has 49 heavy (non-hydrogen) atoms. The number of hydrogen-bond donors (Lipinski definition) is 0. The molecule has 0 amide bonds. The Hall–Kier alpha value is -5.77. The van der Waals surface area contributed by atoms with Crippen LogP contribution in [0.3, 0.4) is 0 Å². The van der Waals surface area contributed by atoms with Crippen molar-refractivity contribution in [3.63, 3.8) is 0 Å². The van der Waals surface area contributed by atoms with Gasteiger partial charge in [0.05, 0.1) is 0 Å². The van der Waals surface area contributed by atoms with Gasteiger partial charge in [0.15, 0.2) is 0 Å². The van der Waals surface area contributed by atoms with E-state index in [0.717, 1.165) is 54.3 Å². The van der Waals surface area contributed by atoms with Gasteiger partial charge in [-0.3, -0.25) is 0 Å². The van der Waals surface area contributed by atoms with Crippen LogP contribution in [0.2, 0.25) is 0 Å². The summed E-state index contributed by atoms with van der Waals surface area (Å²) in [6, 6.07) is 59.1. The van der Waals surface area contributed by atoms with Crippen molar-refractivity contribution in [3.05, 3.63) is 180 Å². The van der Waals surface area contributed by atoms with Crippen LogP contribution < -0.4 is 9.64 Å². The molecule has 240 valence electrons. The van der Waals surface area contributed by atoms with E-state index in [0.29, 0.717) is 11.6 Å². The molecule has 0 fully saturated rings. The second kappa shape index (κ2) is 13.4. The molecule has 0 bridgehead atoms. The minimum absolute atomic E-state index is 0.546. The number of ether oxygens (including phenoxy) is 1. The Labute approximate surface area is 296 Å². The monoisotopic (exact) mass is 815 g/mol. The van der Waals surface area contributed by atoms with Crippen molar-refractivity contribution in [3.8, 4) is 39.6 Å². The van der Waals surface area contributed by atoms with Gasteiger partial charge in [-0.1, -0.05) is 6.07 Å². The number of rotatable bonds is 8. The number of hydrogen-bond acceptors (Lipinski definition) is 3. The standard InChI is InChI=1S/C43H32N4O.Pt/c1-45-31-46(41-26-9-8-25-40(41)45)34-19-12-20-35(29-34)47(36-21-13-22-37(30-36)48-42-27-10-11-28-44-42)43-38(32-15-4-2-5-16-32)23-14-24-39(43)33-17-6-3-7-18-33;/h2-30H,1H3;. The maximum atomic E-state index is 6.28. The number of pyridine rings is 1. The third-order valence-corrected chi connectivity index (χ3v) is 9.89. The van der Waals surface area contributed by atoms with Crippen LogP contribution in [0.15, 0.2) is 176 Å². The molecule has 6 aromatic carbocycles. The molecular weight excluding hydrogens is 784 g/mol. The van der Waals surface area contributed by atoms with Crippen molar-refractivity contribution in [2.24, 2.45) is 7.05 Å². The normalized spacial score (nSPS) is 11.1. The number of para-hydroxylation sites is 3. The van der Waals surface area contributed by atoms with Gasteiger partial charge in [-0.2, -0.15) is 0 Å². The molecule has 0 atom stereocenters. The van der Waals surface area contributed by atoms with Crippen molar-refractivity contribution in [2.45, 2.75) is 0 Å². The van der Waals surface area contributed by atoms with Crippen molar-refractivity contribution in [1.29, 1.82) is 0 Å². The molecule has 0 saturated carbocycles. The third kappa shape index (κ3) is 5.94. The van der Waals surface area contributed by atoms with Gasteiger partial charge in [0, 0.05) is 6.20 Å². The summed E-state index contributed by atoms with van der Waals surface area (Å²) in [5, 5.41) is 0. The molecule has 0 saturated heterocycles. The van der Waals surface area contributed by atoms with Gasteiger partial charge >= 0.3 is 279 Å². The van der Waals surface area contributed by atoms with E-state index in [-0.39, 0.29) is 0 Å². The van der Waals surface area contributed by atoms with Crippen LogP contribution >= 0.6 is 0 Å². The van der Waals surface area contributed by atoms with E-state index < -0.39 is 0 Å². The number of aryl methyl sites for hydroxylation is 1. The third-order valence-electron chi connectivity index (χ3n) is 8.62. The first-order valence-corrected chi connectivity index (χ1v) is 17.2. The molecule has 0 aliphatic carbocycles. The number of imidazole rings is 1. The predicted molar refractivity (Wildman–Crippen MR) is 195 cm³/mol. The molecule has 0 aliphatic rings. The fraction of sp³-hybridized carbons (Fsp3) is 0.0233. The number of nitrogens with zero attached hydrogens (tertiary/aromatic N) is 4. The zero-order chi connectivity index (χ0) is 33.2. The van der Waals surface area contributed by atoms with Gasteiger partial charge in [-0.15, -0.1) is 0 Å². The van der Waals surface area contributed by atoms with Gasteiger partial charge in [0.25, 0.3) is 0 Å². The van der Waals surface area contributed by atoms with E-state index in [1.54, 1.807) is 6.20 Å². The summed E-state index contributed by atoms with van der Waals surface area (Å²) >= 11 is 2.42. The number of aromatic nitrogens is 3. The molecule has 0 spiro atoms. The van der Waals surface area contributed by atoms with Crippen molar-refractivity contribution < 1.29 is 24.1 Å². The first kappa shape index (κ1) is 30.6. The predicted octanol–water partition coefficient (Wildman–Crippen LogP) is 11.0. The maximum absolute atomic E-state index is 6.28. The molecule has 8 rings (SSSR count). The van der Waals surface area contributed by atoms with E-state index in [2.05, 4.69) is 185 Å². The Morgan fingerprint density at radius 1 is 0.571 bits per heavy atom. The van der Waals surface area contributed by atoms with Crippen LogP contribution in [0.4, 0.5) is 17.1 Å². The zero-order valence-electron chi connectivity index (χ0n) is 26.8. The summed E-state index contributed by atoms with van der Waals surface area (Å²) in [7, 11) is 2.12. The molecule has 2 heterocycles. The summed E-state index contributed by atoms with van der Waals surface area (Å²) in [6.45, 7) is 0. The van der Waals surface area contributed by atoms with Crippen LogP contribution in [0, 0.1) is 3.80 Å². The average Bonchev–Trinajstić information content (AvgIpc) is 3.42. The SMILES string of the molecule is Cn1[c](=[Pt])n(-c2cccc(N(c3cccc(Oc4ccccn4)c3)c3c(-c4ccccc4)cccc3-c3ccccc3)c2)c2ccccc21. The van der Waals surface area contributed by atoms with Crippen LogP contribution in [0.1, 0.15) is 0 Å². The molecule has 6 heteroatoms. The fourth-order valence-electron chi connectivity index (χ4n) is 6.39. The summed E-state index contributed by atoms with van der Waals surface area (Å²) in [6.07, 6.45) is 1.74. The van der Waals surface area contributed by atoms with Gasteiger partial charge < -0.3 is 0 Å². The van der Waals surface area contributed by atoms with Crippen LogP contribution in [0.5, 0.6) is 11.6 Å². The molecule has 0 aliphatic heterocycles. The van der Waals surface area contributed by atoms with Gasteiger partial charge in [-0.05, 0) is 6.07 Å². The number of benzene rings is 6. The van der Waals surface area contributed by atoms with Crippen LogP contribution in [-0.4, -0.2) is 14.1 Å². The quantitative estimate of drug-likeness (QED) is 0.153. The number of anilines is 3. The van der Waals surface area contributed by atoms with Crippen molar-refractivity contribution in [2.75, 3.05) is 4.90 Å². The van der Waals surface area contributed by atoms with E-state index >= 15 is 0 Å².